The molecular weight excluding hydrogens is 481 g/mol. The second kappa shape index (κ2) is 9.82. The lowest BCUT2D eigenvalue weighted by Gasteiger charge is -2.39. The number of alkyl halides is 2. The smallest absolute Gasteiger partial charge is 0.306 e. The quantitative estimate of drug-likeness (QED) is 0.424. The topological polar surface area (TPSA) is 62.7 Å². The Kier molecular flexibility index (Phi) is 6.70. The average Bonchev–Trinajstić information content (AvgIpc) is 2.84. The fourth-order valence-corrected chi connectivity index (χ4v) is 5.13. The van der Waals surface area contributed by atoms with E-state index >= 15 is 0 Å². The first kappa shape index (κ1) is 25.3. The van der Waals surface area contributed by atoms with Gasteiger partial charge in [-0.15, -0.1) is 0 Å². The predicted octanol–water partition coefficient (Wildman–Crippen LogP) is 5.98. The van der Waals surface area contributed by atoms with Crippen LogP contribution in [0.3, 0.4) is 0 Å². The summed E-state index contributed by atoms with van der Waals surface area (Å²) in [5, 5.41) is 9.25. The second-order valence-electron chi connectivity index (χ2n) is 10.3. The fraction of sp³-hybridized carbons (Fsp3) is 0.379. The Morgan fingerprint density at radius 2 is 1.97 bits per heavy atom. The number of benzene rings is 2. The molecule has 1 saturated heterocycles. The van der Waals surface area contributed by atoms with Crippen LogP contribution in [0.2, 0.25) is 0 Å². The van der Waals surface area contributed by atoms with E-state index in [1.54, 1.807) is 24.8 Å². The minimum Gasteiger partial charge on any atom is -0.485 e. The van der Waals surface area contributed by atoms with Crippen molar-refractivity contribution in [2.24, 2.45) is 5.92 Å². The molecule has 2 aliphatic rings. The van der Waals surface area contributed by atoms with E-state index in [0.29, 0.717) is 23.2 Å². The summed E-state index contributed by atoms with van der Waals surface area (Å²) in [7, 11) is 0. The summed E-state index contributed by atoms with van der Waals surface area (Å²) in [6.45, 7) is 3.10. The van der Waals surface area contributed by atoms with Gasteiger partial charge in [0, 0.05) is 17.8 Å². The summed E-state index contributed by atoms with van der Waals surface area (Å²) < 4.78 is 48.2. The molecule has 1 N–H and O–H groups in total. The van der Waals surface area contributed by atoms with Crippen molar-refractivity contribution in [2.75, 3.05) is 13.1 Å². The summed E-state index contributed by atoms with van der Waals surface area (Å²) >= 11 is 0. The van der Waals surface area contributed by atoms with Crippen LogP contribution < -0.4 is 4.74 Å². The number of ether oxygens (including phenoxy) is 1. The summed E-state index contributed by atoms with van der Waals surface area (Å²) in [5.41, 5.74) is 5.34. The molecule has 2 unspecified atom stereocenters. The maximum absolute atomic E-state index is 14.7. The zero-order valence-electron chi connectivity index (χ0n) is 20.8. The molecule has 2 aromatic carbocycles. The van der Waals surface area contributed by atoms with Gasteiger partial charge in [-0.1, -0.05) is 37.3 Å². The van der Waals surface area contributed by atoms with Gasteiger partial charge >= 0.3 is 5.97 Å². The predicted molar refractivity (Wildman–Crippen MR) is 133 cm³/mol. The Labute approximate surface area is 213 Å². The minimum absolute atomic E-state index is 0.255. The van der Waals surface area contributed by atoms with E-state index in [-0.39, 0.29) is 25.7 Å². The monoisotopic (exact) mass is 510 g/mol. The van der Waals surface area contributed by atoms with Crippen molar-refractivity contribution in [3.8, 4) is 16.9 Å². The zero-order chi connectivity index (χ0) is 26.3. The Bertz CT molecular complexity index is 1340. The molecule has 0 saturated carbocycles. The van der Waals surface area contributed by atoms with Gasteiger partial charge in [-0.25, -0.2) is 13.2 Å². The first-order valence-corrected chi connectivity index (χ1v) is 12.4. The summed E-state index contributed by atoms with van der Waals surface area (Å²) in [6.07, 6.45) is 2.87. The van der Waals surface area contributed by atoms with Crippen LogP contribution in [0.25, 0.3) is 11.1 Å². The van der Waals surface area contributed by atoms with Crippen molar-refractivity contribution < 1.29 is 27.8 Å². The molecule has 0 bridgehead atoms. The molecule has 1 fully saturated rings. The average molecular weight is 511 g/mol. The third-order valence-electron chi connectivity index (χ3n) is 7.13. The molecule has 5 rings (SSSR count). The molecule has 1 aromatic heterocycles. The number of nitrogens with zero attached hydrogens (tertiary/aromatic N) is 2. The highest BCUT2D eigenvalue weighted by Gasteiger charge is 2.43. The molecular formula is C29H29F3N2O3. The molecule has 3 aromatic rings. The number of carbonyl (C=O) groups is 1. The Morgan fingerprint density at radius 3 is 2.70 bits per heavy atom. The first-order valence-electron chi connectivity index (χ1n) is 12.4. The Hall–Kier alpha value is -3.39. The Morgan fingerprint density at radius 1 is 1.19 bits per heavy atom. The van der Waals surface area contributed by atoms with Gasteiger partial charge in [0.15, 0.2) is 0 Å². The number of halogens is 3. The van der Waals surface area contributed by atoms with Crippen molar-refractivity contribution >= 4 is 5.97 Å². The molecule has 8 heteroatoms. The first-order chi connectivity index (χ1) is 17.6. The van der Waals surface area contributed by atoms with Gasteiger partial charge in [-0.05, 0) is 66.1 Å². The third kappa shape index (κ3) is 5.49. The van der Waals surface area contributed by atoms with Crippen LogP contribution in [-0.4, -0.2) is 40.0 Å². The number of fused-ring (bicyclic) bond motifs is 1. The number of rotatable bonds is 7. The zero-order valence-corrected chi connectivity index (χ0v) is 20.8. The highest BCUT2D eigenvalue weighted by Crippen LogP contribution is 2.39. The van der Waals surface area contributed by atoms with Gasteiger partial charge in [-0.3, -0.25) is 14.7 Å². The lowest BCUT2D eigenvalue weighted by molar-refractivity contribution is -0.141. The van der Waals surface area contributed by atoms with Gasteiger partial charge in [0.05, 0.1) is 25.2 Å². The lowest BCUT2D eigenvalue weighted by Crippen LogP contribution is -2.55. The number of carboxylic acid groups (broad SMARTS) is 1. The van der Waals surface area contributed by atoms with E-state index in [0.717, 1.165) is 40.8 Å². The van der Waals surface area contributed by atoms with E-state index in [1.165, 1.54) is 6.20 Å². The number of aromatic nitrogens is 1. The van der Waals surface area contributed by atoms with Crippen LogP contribution >= 0.6 is 0 Å². The molecule has 0 spiro atoms. The molecule has 0 radical (unpaired) electrons. The SMILES string of the molecule is Cc1cc(-c2ccc(C3CCc4ccc(CC(C)C(=O)O)cc4O3)cc2CN2CC(F)(F)C2)c(F)cn1. The van der Waals surface area contributed by atoms with E-state index in [4.69, 9.17) is 4.74 Å². The van der Waals surface area contributed by atoms with E-state index in [2.05, 4.69) is 4.98 Å². The third-order valence-corrected chi connectivity index (χ3v) is 7.13. The molecule has 37 heavy (non-hydrogen) atoms. The molecule has 3 heterocycles. The molecule has 0 amide bonds. The standard InChI is InChI=1S/C29H29F3N2O3/c1-17(28(35)36)9-19-3-4-20-6-8-26(37-27(20)11-19)21-5-7-23(24-10-18(2)33-13-25(24)30)22(12-21)14-34-15-29(31,32)16-34/h3-5,7,10-13,17,26H,6,8-9,14-16H2,1-2H3,(H,35,36). The van der Waals surface area contributed by atoms with E-state index in [9.17, 15) is 23.1 Å². The van der Waals surface area contributed by atoms with Crippen LogP contribution in [0.15, 0.2) is 48.7 Å². The van der Waals surface area contributed by atoms with Crippen LogP contribution in [0.5, 0.6) is 5.75 Å². The van der Waals surface area contributed by atoms with Crippen LogP contribution in [0.4, 0.5) is 13.2 Å². The number of aryl methyl sites for hydroxylation is 2. The highest BCUT2D eigenvalue weighted by molar-refractivity contribution is 5.70. The van der Waals surface area contributed by atoms with E-state index in [1.807, 2.05) is 36.4 Å². The van der Waals surface area contributed by atoms with Gasteiger partial charge < -0.3 is 9.84 Å². The second-order valence-corrected chi connectivity index (χ2v) is 10.3. The number of likely N-dealkylation sites (tertiary alicyclic amines) is 1. The normalized spacial score (nSPS) is 19.4. The van der Waals surface area contributed by atoms with Gasteiger partial charge in [0.2, 0.25) is 0 Å². The van der Waals surface area contributed by atoms with Gasteiger partial charge in [0.1, 0.15) is 17.7 Å². The lowest BCUT2D eigenvalue weighted by atomic mass is 9.91. The highest BCUT2D eigenvalue weighted by atomic mass is 19.3. The van der Waals surface area contributed by atoms with Crippen molar-refractivity contribution in [1.29, 1.82) is 0 Å². The van der Waals surface area contributed by atoms with Crippen LogP contribution in [-0.2, 0) is 24.2 Å². The number of hydrogen-bond donors (Lipinski definition) is 1. The molecule has 194 valence electrons. The molecule has 5 nitrogen and oxygen atoms in total. The van der Waals surface area contributed by atoms with Crippen LogP contribution in [0, 0.1) is 18.7 Å². The van der Waals surface area contributed by atoms with Crippen molar-refractivity contribution in [3.63, 3.8) is 0 Å². The summed E-state index contributed by atoms with van der Waals surface area (Å²) in [5.74, 6) is -3.76. The number of carboxylic acids is 1. The molecule has 2 aliphatic heterocycles. The van der Waals surface area contributed by atoms with E-state index < -0.39 is 23.6 Å². The fourth-order valence-electron chi connectivity index (χ4n) is 5.13. The Balaban J connectivity index is 1.44. The maximum Gasteiger partial charge on any atom is 0.306 e. The van der Waals surface area contributed by atoms with Crippen molar-refractivity contribution in [2.45, 2.75) is 51.7 Å². The number of aliphatic carboxylic acids is 1. The number of pyridine rings is 1. The largest absolute Gasteiger partial charge is 0.485 e. The molecule has 0 aliphatic carbocycles. The van der Waals surface area contributed by atoms with Gasteiger partial charge in [-0.2, -0.15) is 0 Å². The van der Waals surface area contributed by atoms with Crippen molar-refractivity contribution in [3.05, 3.63) is 82.4 Å². The summed E-state index contributed by atoms with van der Waals surface area (Å²) in [6, 6.07) is 13.2. The molecule has 2 atom stereocenters. The maximum atomic E-state index is 14.7. The van der Waals surface area contributed by atoms with Crippen molar-refractivity contribution in [1.82, 2.24) is 9.88 Å². The minimum atomic E-state index is -2.69. The number of hydrogen-bond acceptors (Lipinski definition) is 4. The van der Waals surface area contributed by atoms with Crippen LogP contribution in [0.1, 0.15) is 47.4 Å². The van der Waals surface area contributed by atoms with Gasteiger partial charge in [0.25, 0.3) is 5.92 Å². The summed E-state index contributed by atoms with van der Waals surface area (Å²) in [4.78, 5) is 16.9.